The van der Waals surface area contributed by atoms with Crippen LogP contribution in [0.15, 0.2) is 47.9 Å². The third-order valence-corrected chi connectivity index (χ3v) is 5.78. The number of anilines is 2. The van der Waals surface area contributed by atoms with E-state index >= 15 is 0 Å². The predicted octanol–water partition coefficient (Wildman–Crippen LogP) is 3.89. The Morgan fingerprint density at radius 3 is 2.47 bits per heavy atom. The summed E-state index contributed by atoms with van der Waals surface area (Å²) in [7, 11) is 6.09. The maximum Gasteiger partial charge on any atom is 0.255 e. The van der Waals surface area contributed by atoms with E-state index in [0.29, 0.717) is 56.5 Å². The summed E-state index contributed by atoms with van der Waals surface area (Å²) in [6.45, 7) is 1.80. The number of amides is 1. The molecule has 1 aromatic heterocycles. The van der Waals surface area contributed by atoms with E-state index in [1.807, 2.05) is 12.1 Å². The molecule has 0 saturated heterocycles. The van der Waals surface area contributed by atoms with Gasteiger partial charge in [-0.15, -0.1) is 0 Å². The fourth-order valence-corrected chi connectivity index (χ4v) is 4.18. The molecular weight excluding hydrogens is 462 g/mol. The number of carbonyl (C=O) groups excluding carboxylic acids is 1. The molecule has 2 heterocycles. The van der Waals surface area contributed by atoms with Crippen molar-refractivity contribution < 1.29 is 23.7 Å². The molecule has 2 aromatic carbocycles. The van der Waals surface area contributed by atoms with Gasteiger partial charge in [0, 0.05) is 23.4 Å². The number of allylic oxidation sites excluding steroid dienone is 1. The molecule has 0 bridgehead atoms. The number of hydrogen-bond donors (Lipinski definition) is 2. The molecule has 0 fully saturated rings. The van der Waals surface area contributed by atoms with Crippen molar-refractivity contribution in [2.24, 2.45) is 0 Å². The van der Waals surface area contributed by atoms with Crippen LogP contribution in [0.4, 0.5) is 11.6 Å². The zero-order valence-electron chi connectivity index (χ0n) is 19.3. The smallest absolute Gasteiger partial charge is 0.255 e. The third kappa shape index (κ3) is 3.96. The van der Waals surface area contributed by atoms with E-state index in [0.717, 1.165) is 0 Å². The minimum atomic E-state index is -0.649. The maximum absolute atomic E-state index is 13.7. The molecule has 2 N–H and O–H groups in total. The zero-order chi connectivity index (χ0) is 24.4. The Morgan fingerprint density at radius 2 is 1.79 bits per heavy atom. The van der Waals surface area contributed by atoms with Crippen LogP contribution in [-0.2, 0) is 4.79 Å². The molecule has 1 atom stereocenters. The summed E-state index contributed by atoms with van der Waals surface area (Å²) in [4.78, 5) is 18.0. The number of hydrogen-bond acceptors (Lipinski definition) is 8. The Hall–Kier alpha value is -3.92. The van der Waals surface area contributed by atoms with E-state index in [-0.39, 0.29) is 5.91 Å². The molecule has 1 aliphatic heterocycles. The topological polar surface area (TPSA) is 109 Å². The first kappa shape index (κ1) is 23.2. The Morgan fingerprint density at radius 1 is 1.06 bits per heavy atom. The summed E-state index contributed by atoms with van der Waals surface area (Å²) >= 11 is 6.22. The van der Waals surface area contributed by atoms with Crippen molar-refractivity contribution in [3.8, 4) is 23.0 Å². The van der Waals surface area contributed by atoms with Crippen LogP contribution in [0.5, 0.6) is 23.0 Å². The second kappa shape index (κ2) is 9.52. The maximum atomic E-state index is 13.7. The van der Waals surface area contributed by atoms with Crippen LogP contribution >= 0.6 is 11.6 Å². The molecule has 34 heavy (non-hydrogen) atoms. The van der Waals surface area contributed by atoms with Crippen LogP contribution in [0, 0.1) is 0 Å². The minimum Gasteiger partial charge on any atom is -0.495 e. The molecule has 0 spiro atoms. The van der Waals surface area contributed by atoms with E-state index in [1.54, 1.807) is 44.0 Å². The number of para-hydroxylation sites is 1. The summed E-state index contributed by atoms with van der Waals surface area (Å²) < 4.78 is 23.5. The van der Waals surface area contributed by atoms with Gasteiger partial charge >= 0.3 is 0 Å². The number of methoxy groups -OCH3 is 4. The summed E-state index contributed by atoms with van der Waals surface area (Å²) in [6, 6.07) is 8.00. The first-order valence-electron chi connectivity index (χ1n) is 10.2. The third-order valence-electron chi connectivity index (χ3n) is 5.49. The van der Waals surface area contributed by atoms with Crippen molar-refractivity contribution in [3.05, 3.63) is 58.5 Å². The number of fused-ring (bicyclic) bond motifs is 1. The minimum absolute atomic E-state index is 0.360. The standard InChI is InChI=1S/C23H24ClN5O5/c1-12-19(22(30)28-15-10-17(32-3)14(24)9-18(15)33-4)20(29-23(27-12)25-11-26-29)13-7-6-8-16(31-2)21(13)34-5/h6-11,20H,1-5H3,(H,28,30)(H,25,26,27)/t20-/m1/s1. The monoisotopic (exact) mass is 485 g/mol. The number of nitrogens with one attached hydrogen (secondary N) is 2. The SMILES string of the molecule is COc1cc(NC(=O)C2=C(C)Nc3ncnn3[C@@H]2c2cccc(OC)c2OC)c(OC)cc1Cl. The van der Waals surface area contributed by atoms with E-state index < -0.39 is 6.04 Å². The highest BCUT2D eigenvalue weighted by Gasteiger charge is 2.36. The van der Waals surface area contributed by atoms with Gasteiger partial charge in [0.15, 0.2) is 11.5 Å². The number of carbonyl (C=O) groups is 1. The van der Waals surface area contributed by atoms with Gasteiger partial charge in [0.1, 0.15) is 23.9 Å². The van der Waals surface area contributed by atoms with Crippen molar-refractivity contribution >= 4 is 29.1 Å². The second-order valence-corrected chi connectivity index (χ2v) is 7.73. The van der Waals surface area contributed by atoms with Gasteiger partial charge in [0.25, 0.3) is 5.91 Å². The van der Waals surface area contributed by atoms with E-state index in [4.69, 9.17) is 30.5 Å². The lowest BCUT2D eigenvalue weighted by Gasteiger charge is -2.30. The van der Waals surface area contributed by atoms with Crippen LogP contribution in [0.25, 0.3) is 0 Å². The molecule has 0 unspecified atom stereocenters. The zero-order valence-corrected chi connectivity index (χ0v) is 20.1. The molecule has 3 aromatic rings. The summed E-state index contributed by atoms with van der Waals surface area (Å²) in [6.07, 6.45) is 1.42. The van der Waals surface area contributed by atoms with Crippen LogP contribution in [0.3, 0.4) is 0 Å². The highest BCUT2D eigenvalue weighted by molar-refractivity contribution is 6.32. The number of halogens is 1. The first-order valence-corrected chi connectivity index (χ1v) is 10.6. The predicted molar refractivity (Wildman–Crippen MR) is 127 cm³/mol. The van der Waals surface area contributed by atoms with Crippen molar-refractivity contribution in [2.75, 3.05) is 39.1 Å². The van der Waals surface area contributed by atoms with Gasteiger partial charge in [-0.2, -0.15) is 10.1 Å². The van der Waals surface area contributed by atoms with Crippen molar-refractivity contribution in [1.82, 2.24) is 14.8 Å². The van der Waals surface area contributed by atoms with Gasteiger partial charge in [-0.3, -0.25) is 4.79 Å². The Labute approximate surface area is 201 Å². The van der Waals surface area contributed by atoms with Crippen molar-refractivity contribution in [1.29, 1.82) is 0 Å². The van der Waals surface area contributed by atoms with Crippen LogP contribution in [-0.4, -0.2) is 49.1 Å². The molecular formula is C23H24ClN5O5. The van der Waals surface area contributed by atoms with Crippen molar-refractivity contribution in [2.45, 2.75) is 13.0 Å². The summed E-state index contributed by atoms with van der Waals surface area (Å²) in [5, 5.41) is 10.8. The Kier molecular flexibility index (Phi) is 6.51. The molecule has 10 nitrogen and oxygen atoms in total. The van der Waals surface area contributed by atoms with E-state index in [1.165, 1.54) is 20.5 Å². The number of aromatic nitrogens is 3. The van der Waals surface area contributed by atoms with Gasteiger partial charge in [-0.1, -0.05) is 23.7 Å². The number of ether oxygens (including phenoxy) is 4. The molecule has 0 saturated carbocycles. The lowest BCUT2D eigenvalue weighted by Crippen LogP contribution is -2.31. The first-order chi connectivity index (χ1) is 16.4. The van der Waals surface area contributed by atoms with Gasteiger partial charge in [-0.05, 0) is 13.0 Å². The summed E-state index contributed by atoms with van der Waals surface area (Å²) in [5.41, 5.74) is 2.09. The fourth-order valence-electron chi connectivity index (χ4n) is 3.95. The van der Waals surface area contributed by atoms with Gasteiger partial charge in [-0.25, -0.2) is 4.68 Å². The largest absolute Gasteiger partial charge is 0.495 e. The molecule has 1 amide bonds. The van der Waals surface area contributed by atoms with E-state index in [2.05, 4.69) is 20.7 Å². The quantitative estimate of drug-likeness (QED) is 0.518. The highest BCUT2D eigenvalue weighted by atomic mass is 35.5. The van der Waals surface area contributed by atoms with Crippen LogP contribution in [0.1, 0.15) is 18.5 Å². The van der Waals surface area contributed by atoms with Gasteiger partial charge < -0.3 is 29.6 Å². The van der Waals surface area contributed by atoms with Gasteiger partial charge in [0.05, 0.1) is 44.7 Å². The molecule has 178 valence electrons. The average molecular weight is 486 g/mol. The Bertz CT molecular complexity index is 1270. The normalized spacial score (nSPS) is 14.7. The lowest BCUT2D eigenvalue weighted by atomic mass is 9.94. The average Bonchev–Trinajstić information content (AvgIpc) is 3.31. The van der Waals surface area contributed by atoms with E-state index in [9.17, 15) is 4.79 Å². The number of benzene rings is 2. The molecule has 1 aliphatic rings. The summed E-state index contributed by atoms with van der Waals surface area (Å²) in [5.74, 6) is 1.91. The van der Waals surface area contributed by atoms with Crippen LogP contribution in [0.2, 0.25) is 5.02 Å². The second-order valence-electron chi connectivity index (χ2n) is 7.32. The van der Waals surface area contributed by atoms with Gasteiger partial charge in [0.2, 0.25) is 5.95 Å². The molecule has 0 radical (unpaired) electrons. The molecule has 4 rings (SSSR count). The molecule has 0 aliphatic carbocycles. The highest BCUT2D eigenvalue weighted by Crippen LogP contribution is 2.43. The Balaban J connectivity index is 1.83. The fraction of sp³-hybridized carbons (Fsp3) is 0.261. The number of rotatable bonds is 7. The molecule has 11 heteroatoms. The van der Waals surface area contributed by atoms with Crippen molar-refractivity contribution in [3.63, 3.8) is 0 Å². The van der Waals surface area contributed by atoms with Crippen LogP contribution < -0.4 is 29.6 Å². The number of nitrogens with zero attached hydrogens (tertiary/aromatic N) is 3. The lowest BCUT2D eigenvalue weighted by molar-refractivity contribution is -0.113.